The van der Waals surface area contributed by atoms with Crippen LogP contribution in [0.1, 0.15) is 52.9 Å². The Kier molecular flexibility index (Phi) is 2.89. The van der Waals surface area contributed by atoms with Gasteiger partial charge in [-0.25, -0.2) is 4.79 Å². The average Bonchev–Trinajstić information content (AvgIpc) is 3.27. The SMILES string of the molecule is CC1(C)[C@]2(OC(=O)O[C@H]3CC4C[C@@H]3[C@@H]3C=CC[C@H]43)CC[C@]1(C)C(=O)O2. The van der Waals surface area contributed by atoms with Crippen LogP contribution in [0.15, 0.2) is 12.2 Å². The molecule has 7 atom stereocenters. The normalized spacial score (nSPS) is 50.8. The molecule has 0 aromatic rings. The minimum atomic E-state index is -1.18. The highest BCUT2D eigenvalue weighted by Gasteiger charge is 2.75. The highest BCUT2D eigenvalue weighted by atomic mass is 16.8. The van der Waals surface area contributed by atoms with Gasteiger partial charge in [-0.2, -0.15) is 0 Å². The fourth-order valence-corrected chi connectivity index (χ4v) is 6.36. The van der Waals surface area contributed by atoms with Crippen LogP contribution in [-0.4, -0.2) is 24.0 Å². The Morgan fingerprint density at radius 3 is 2.68 bits per heavy atom. The maximum atomic E-state index is 12.6. The lowest BCUT2D eigenvalue weighted by molar-refractivity contribution is -0.226. The molecule has 0 spiro atoms. The van der Waals surface area contributed by atoms with Gasteiger partial charge in [-0.1, -0.05) is 26.0 Å². The molecule has 0 radical (unpaired) electrons. The van der Waals surface area contributed by atoms with E-state index in [1.165, 1.54) is 6.42 Å². The first-order chi connectivity index (χ1) is 11.8. The Bertz CT molecular complexity index is 682. The van der Waals surface area contributed by atoms with Gasteiger partial charge in [0.15, 0.2) is 0 Å². The predicted octanol–water partition coefficient (Wildman–Crippen LogP) is 3.82. The first kappa shape index (κ1) is 15.7. The van der Waals surface area contributed by atoms with E-state index in [9.17, 15) is 9.59 Å². The quantitative estimate of drug-likeness (QED) is 0.562. The number of allylic oxidation sites excluding steroid dienone is 2. The molecule has 136 valence electrons. The minimum absolute atomic E-state index is 0.0640. The zero-order valence-corrected chi connectivity index (χ0v) is 15.1. The van der Waals surface area contributed by atoms with Gasteiger partial charge in [0.1, 0.15) is 6.10 Å². The first-order valence-corrected chi connectivity index (χ1v) is 9.57. The van der Waals surface area contributed by atoms with Crippen molar-refractivity contribution in [3.8, 4) is 0 Å². The molecule has 1 unspecified atom stereocenters. The van der Waals surface area contributed by atoms with Crippen LogP contribution in [0.5, 0.6) is 0 Å². The van der Waals surface area contributed by atoms with E-state index in [1.54, 1.807) is 0 Å². The van der Waals surface area contributed by atoms with Crippen molar-refractivity contribution < 1.29 is 23.8 Å². The van der Waals surface area contributed by atoms with Crippen LogP contribution < -0.4 is 0 Å². The molecule has 1 aliphatic heterocycles. The molecule has 25 heavy (non-hydrogen) atoms. The summed E-state index contributed by atoms with van der Waals surface area (Å²) in [5, 5.41) is 0. The number of hydrogen-bond donors (Lipinski definition) is 0. The molecule has 5 heteroatoms. The highest BCUT2D eigenvalue weighted by molar-refractivity contribution is 5.82. The largest absolute Gasteiger partial charge is 0.511 e. The molecule has 5 nitrogen and oxygen atoms in total. The molecule has 1 heterocycles. The highest BCUT2D eigenvalue weighted by Crippen LogP contribution is 2.66. The standard InChI is InChI=1S/C20H26O5/c1-18(2)19(3)7-8-20(18,24-16(19)21)25-17(22)23-15-10-11-9-14(15)13-6-4-5-12(11)13/h4,6,11-15H,5,7-10H2,1-3H3/t11?,12-,13-,14-,15+,19-,20-/m1/s1. The second-order valence-electron chi connectivity index (χ2n) is 9.41. The summed E-state index contributed by atoms with van der Waals surface area (Å²) in [6.07, 6.45) is 8.32. The van der Waals surface area contributed by atoms with Crippen LogP contribution in [0.4, 0.5) is 4.79 Å². The molecule has 5 rings (SSSR count). The Hall–Kier alpha value is -1.52. The number of esters is 1. The summed E-state index contributed by atoms with van der Waals surface area (Å²) in [7, 11) is 0. The van der Waals surface area contributed by atoms with Gasteiger partial charge >= 0.3 is 12.1 Å². The zero-order chi connectivity index (χ0) is 17.6. The van der Waals surface area contributed by atoms with Gasteiger partial charge in [-0.15, -0.1) is 0 Å². The molecule has 4 aliphatic carbocycles. The lowest BCUT2D eigenvalue weighted by atomic mass is 9.69. The van der Waals surface area contributed by atoms with E-state index in [-0.39, 0.29) is 12.1 Å². The van der Waals surface area contributed by atoms with Crippen molar-refractivity contribution in [1.29, 1.82) is 0 Å². The Labute approximate surface area is 148 Å². The Balaban J connectivity index is 1.29. The maximum Gasteiger partial charge on any atom is 0.511 e. The first-order valence-electron chi connectivity index (χ1n) is 9.57. The number of carbonyl (C=O) groups excluding carboxylic acids is 2. The van der Waals surface area contributed by atoms with Gasteiger partial charge in [0.25, 0.3) is 5.79 Å². The Morgan fingerprint density at radius 1 is 1.20 bits per heavy atom. The van der Waals surface area contributed by atoms with E-state index in [1.807, 2.05) is 20.8 Å². The van der Waals surface area contributed by atoms with E-state index in [0.29, 0.717) is 30.6 Å². The molecule has 5 aliphatic rings. The van der Waals surface area contributed by atoms with E-state index in [0.717, 1.165) is 18.8 Å². The van der Waals surface area contributed by atoms with Gasteiger partial charge in [-0.3, -0.25) is 4.79 Å². The molecule has 0 aromatic carbocycles. The second-order valence-corrected chi connectivity index (χ2v) is 9.41. The van der Waals surface area contributed by atoms with Crippen molar-refractivity contribution in [2.45, 2.75) is 64.8 Å². The van der Waals surface area contributed by atoms with Crippen molar-refractivity contribution in [2.75, 3.05) is 0 Å². The molecule has 3 saturated carbocycles. The lowest BCUT2D eigenvalue weighted by Crippen LogP contribution is -2.45. The van der Waals surface area contributed by atoms with Crippen molar-refractivity contribution in [3.63, 3.8) is 0 Å². The maximum absolute atomic E-state index is 12.6. The number of fused-ring (bicyclic) bond motifs is 7. The molecule has 4 fully saturated rings. The van der Waals surface area contributed by atoms with Crippen LogP contribution in [0.3, 0.4) is 0 Å². The predicted molar refractivity (Wildman–Crippen MR) is 88.3 cm³/mol. The second kappa shape index (κ2) is 4.60. The fraction of sp³-hybridized carbons (Fsp3) is 0.800. The van der Waals surface area contributed by atoms with Crippen molar-refractivity contribution in [2.24, 2.45) is 34.5 Å². The molecule has 0 aromatic heterocycles. The van der Waals surface area contributed by atoms with Crippen molar-refractivity contribution >= 4 is 12.1 Å². The van der Waals surface area contributed by atoms with Crippen molar-refractivity contribution in [3.05, 3.63) is 12.2 Å². The zero-order valence-electron chi connectivity index (χ0n) is 15.1. The van der Waals surface area contributed by atoms with Crippen LogP contribution >= 0.6 is 0 Å². The summed E-state index contributed by atoms with van der Waals surface area (Å²) in [5.41, 5.74) is -1.15. The molecule has 4 bridgehead atoms. The summed E-state index contributed by atoms with van der Waals surface area (Å²) in [4.78, 5) is 24.8. The van der Waals surface area contributed by atoms with Crippen LogP contribution in [0.2, 0.25) is 0 Å². The fourth-order valence-electron chi connectivity index (χ4n) is 6.36. The van der Waals surface area contributed by atoms with E-state index >= 15 is 0 Å². The van der Waals surface area contributed by atoms with Crippen LogP contribution in [0.25, 0.3) is 0 Å². The third kappa shape index (κ3) is 1.75. The number of rotatable bonds is 2. The summed E-state index contributed by atoms with van der Waals surface area (Å²) >= 11 is 0. The topological polar surface area (TPSA) is 61.8 Å². The molecule has 0 amide bonds. The lowest BCUT2D eigenvalue weighted by Gasteiger charge is -2.36. The van der Waals surface area contributed by atoms with Gasteiger partial charge in [-0.05, 0) is 50.4 Å². The van der Waals surface area contributed by atoms with E-state index in [4.69, 9.17) is 14.2 Å². The monoisotopic (exact) mass is 346 g/mol. The number of hydrogen-bond acceptors (Lipinski definition) is 5. The average molecular weight is 346 g/mol. The van der Waals surface area contributed by atoms with Crippen LogP contribution in [-0.2, 0) is 19.0 Å². The third-order valence-corrected chi connectivity index (χ3v) is 8.44. The summed E-state index contributed by atoms with van der Waals surface area (Å²) in [5.74, 6) is 0.956. The molecular formula is C20H26O5. The van der Waals surface area contributed by atoms with Gasteiger partial charge in [0, 0.05) is 12.3 Å². The number of carbonyl (C=O) groups is 2. The third-order valence-electron chi connectivity index (χ3n) is 8.44. The summed E-state index contributed by atoms with van der Waals surface area (Å²) in [6, 6.07) is 0. The number of ether oxygens (including phenoxy) is 3. The summed E-state index contributed by atoms with van der Waals surface area (Å²) < 4.78 is 17.0. The molecular weight excluding hydrogens is 320 g/mol. The molecule has 1 saturated heterocycles. The van der Waals surface area contributed by atoms with Crippen LogP contribution in [0, 0.1) is 34.5 Å². The van der Waals surface area contributed by atoms with Gasteiger partial charge < -0.3 is 14.2 Å². The smallest absolute Gasteiger partial charge is 0.431 e. The summed E-state index contributed by atoms with van der Waals surface area (Å²) in [6.45, 7) is 5.80. The van der Waals surface area contributed by atoms with E-state index < -0.39 is 22.8 Å². The van der Waals surface area contributed by atoms with Gasteiger partial charge in [0.2, 0.25) is 0 Å². The molecule has 0 N–H and O–H groups in total. The Morgan fingerprint density at radius 2 is 2.00 bits per heavy atom. The van der Waals surface area contributed by atoms with Gasteiger partial charge in [0.05, 0.1) is 10.8 Å². The van der Waals surface area contributed by atoms with E-state index in [2.05, 4.69) is 12.2 Å². The minimum Gasteiger partial charge on any atom is -0.431 e. The van der Waals surface area contributed by atoms with Crippen molar-refractivity contribution in [1.82, 2.24) is 0 Å².